The third kappa shape index (κ3) is 1.36. The lowest BCUT2D eigenvalue weighted by atomic mass is 10.1. The SMILES string of the molecule is NC1(N)N=CNc2c1ccn2C1CCCC1. The number of nitrogens with one attached hydrogen (secondary N) is 1. The van der Waals surface area contributed by atoms with E-state index in [0.717, 1.165) is 11.4 Å². The topological polar surface area (TPSA) is 81.4 Å². The second-order valence-electron chi connectivity index (χ2n) is 4.65. The van der Waals surface area contributed by atoms with Gasteiger partial charge in [0, 0.05) is 12.2 Å². The predicted octanol–water partition coefficient (Wildman–Crippen LogP) is 1.08. The maximum atomic E-state index is 5.93. The summed E-state index contributed by atoms with van der Waals surface area (Å²) >= 11 is 0. The molecule has 3 rings (SSSR count). The fourth-order valence-electron chi connectivity index (χ4n) is 2.68. The summed E-state index contributed by atoms with van der Waals surface area (Å²) in [6.07, 6.45) is 8.75. The van der Waals surface area contributed by atoms with Crippen LogP contribution in [0.4, 0.5) is 5.82 Å². The standard InChI is InChI=1S/C11H17N5/c12-11(13)9-5-6-16(8-3-1-2-4-8)10(9)14-7-15-11/h5-8H,1-4,12-13H2,(H,14,15). The molecule has 5 N–H and O–H groups in total. The number of aromatic nitrogens is 1. The maximum absolute atomic E-state index is 5.93. The highest BCUT2D eigenvalue weighted by Gasteiger charge is 2.31. The van der Waals surface area contributed by atoms with Crippen LogP contribution in [0.25, 0.3) is 0 Å². The molecule has 0 amide bonds. The maximum Gasteiger partial charge on any atom is 0.191 e. The van der Waals surface area contributed by atoms with Crippen molar-refractivity contribution in [3.05, 3.63) is 17.8 Å². The van der Waals surface area contributed by atoms with Gasteiger partial charge in [-0.25, -0.2) is 4.99 Å². The molecule has 1 saturated carbocycles. The Labute approximate surface area is 94.5 Å². The number of rotatable bonds is 1. The molecule has 0 atom stereocenters. The second-order valence-corrected chi connectivity index (χ2v) is 4.65. The van der Waals surface area contributed by atoms with Gasteiger partial charge < -0.3 is 9.88 Å². The van der Waals surface area contributed by atoms with Gasteiger partial charge in [0.15, 0.2) is 5.79 Å². The molecule has 5 nitrogen and oxygen atoms in total. The summed E-state index contributed by atoms with van der Waals surface area (Å²) < 4.78 is 2.25. The van der Waals surface area contributed by atoms with Gasteiger partial charge in [-0.15, -0.1) is 0 Å². The number of fused-ring (bicyclic) bond motifs is 1. The third-order valence-electron chi connectivity index (χ3n) is 3.54. The minimum atomic E-state index is -1.08. The molecule has 1 aliphatic carbocycles. The van der Waals surface area contributed by atoms with Crippen molar-refractivity contribution < 1.29 is 0 Å². The van der Waals surface area contributed by atoms with E-state index in [1.54, 1.807) is 6.34 Å². The fourth-order valence-corrected chi connectivity index (χ4v) is 2.68. The Morgan fingerprint density at radius 2 is 2.12 bits per heavy atom. The molecule has 0 saturated heterocycles. The van der Waals surface area contributed by atoms with Crippen LogP contribution < -0.4 is 16.8 Å². The van der Waals surface area contributed by atoms with Gasteiger partial charge >= 0.3 is 0 Å². The molecule has 0 radical (unpaired) electrons. The number of nitrogens with zero attached hydrogens (tertiary/aromatic N) is 2. The molecule has 2 heterocycles. The molecule has 0 bridgehead atoms. The smallest absolute Gasteiger partial charge is 0.191 e. The first-order valence-corrected chi connectivity index (χ1v) is 5.78. The van der Waals surface area contributed by atoms with E-state index >= 15 is 0 Å². The lowest BCUT2D eigenvalue weighted by Crippen LogP contribution is -2.46. The van der Waals surface area contributed by atoms with Gasteiger partial charge in [0.1, 0.15) is 5.82 Å². The van der Waals surface area contributed by atoms with Crippen LogP contribution in [0.15, 0.2) is 17.3 Å². The van der Waals surface area contributed by atoms with Crippen molar-refractivity contribution in [2.45, 2.75) is 37.5 Å². The number of hydrogen-bond donors (Lipinski definition) is 3. The summed E-state index contributed by atoms with van der Waals surface area (Å²) in [7, 11) is 0. The van der Waals surface area contributed by atoms with E-state index in [1.165, 1.54) is 25.7 Å². The van der Waals surface area contributed by atoms with Crippen LogP contribution in [0.2, 0.25) is 0 Å². The van der Waals surface area contributed by atoms with Gasteiger partial charge in [0.05, 0.1) is 11.9 Å². The fraction of sp³-hybridized carbons (Fsp3) is 0.545. The quantitative estimate of drug-likeness (QED) is 0.618. The zero-order valence-electron chi connectivity index (χ0n) is 9.19. The lowest BCUT2D eigenvalue weighted by molar-refractivity contribution is 0.483. The van der Waals surface area contributed by atoms with Crippen LogP contribution in [-0.2, 0) is 5.79 Å². The van der Waals surface area contributed by atoms with E-state index in [4.69, 9.17) is 11.5 Å². The Kier molecular flexibility index (Phi) is 2.05. The van der Waals surface area contributed by atoms with Gasteiger partial charge in [-0.3, -0.25) is 11.5 Å². The molecule has 16 heavy (non-hydrogen) atoms. The van der Waals surface area contributed by atoms with Crippen molar-refractivity contribution in [2.24, 2.45) is 16.5 Å². The first-order chi connectivity index (χ1) is 7.68. The summed E-state index contributed by atoms with van der Waals surface area (Å²) in [6.45, 7) is 0. The van der Waals surface area contributed by atoms with E-state index in [9.17, 15) is 0 Å². The number of anilines is 1. The molecule has 1 fully saturated rings. The number of hydrogen-bond acceptors (Lipinski definition) is 4. The van der Waals surface area contributed by atoms with E-state index in [0.29, 0.717) is 6.04 Å². The Morgan fingerprint density at radius 3 is 2.88 bits per heavy atom. The van der Waals surface area contributed by atoms with Crippen molar-refractivity contribution in [3.63, 3.8) is 0 Å². The lowest BCUT2D eigenvalue weighted by Gasteiger charge is -2.26. The van der Waals surface area contributed by atoms with E-state index < -0.39 is 5.79 Å². The Balaban J connectivity index is 2.02. The van der Waals surface area contributed by atoms with Gasteiger partial charge in [-0.05, 0) is 18.9 Å². The molecule has 0 aromatic carbocycles. The molecule has 1 aromatic rings. The zero-order chi connectivity index (χ0) is 11.2. The second kappa shape index (κ2) is 3.33. The van der Waals surface area contributed by atoms with E-state index in [2.05, 4.69) is 21.1 Å². The minimum Gasteiger partial charge on any atom is -0.332 e. The van der Waals surface area contributed by atoms with Gasteiger partial charge in [0.2, 0.25) is 0 Å². The molecule has 0 spiro atoms. The van der Waals surface area contributed by atoms with Crippen LogP contribution in [-0.4, -0.2) is 10.9 Å². The first-order valence-electron chi connectivity index (χ1n) is 5.78. The van der Waals surface area contributed by atoms with Crippen LogP contribution in [0, 0.1) is 0 Å². The average molecular weight is 219 g/mol. The Bertz CT molecular complexity index is 426. The van der Waals surface area contributed by atoms with Crippen molar-refractivity contribution in [1.29, 1.82) is 0 Å². The first kappa shape index (κ1) is 9.86. The number of nitrogens with two attached hydrogens (primary N) is 2. The Hall–Kier alpha value is -1.33. The molecular formula is C11H17N5. The molecule has 1 aliphatic heterocycles. The van der Waals surface area contributed by atoms with Crippen molar-refractivity contribution in [1.82, 2.24) is 4.57 Å². The highest BCUT2D eigenvalue weighted by Crippen LogP contribution is 2.36. The van der Waals surface area contributed by atoms with Gasteiger partial charge in [0.25, 0.3) is 0 Å². The predicted molar refractivity (Wildman–Crippen MR) is 64.1 cm³/mol. The molecule has 5 heteroatoms. The summed E-state index contributed by atoms with van der Waals surface area (Å²) in [5, 5.41) is 3.16. The van der Waals surface area contributed by atoms with Crippen LogP contribution in [0.5, 0.6) is 0 Å². The minimum absolute atomic E-state index is 0.582. The molecule has 0 unspecified atom stereocenters. The van der Waals surface area contributed by atoms with Crippen LogP contribution in [0.3, 0.4) is 0 Å². The Morgan fingerprint density at radius 1 is 1.38 bits per heavy atom. The molecule has 1 aromatic heterocycles. The summed E-state index contributed by atoms with van der Waals surface area (Å²) in [4.78, 5) is 4.05. The number of aliphatic imine (C=N–C) groups is 1. The monoisotopic (exact) mass is 219 g/mol. The molecule has 86 valence electrons. The summed E-state index contributed by atoms with van der Waals surface area (Å²) in [6, 6.07) is 2.55. The summed E-state index contributed by atoms with van der Waals surface area (Å²) in [5.74, 6) is -0.0725. The van der Waals surface area contributed by atoms with E-state index in [1.807, 2.05) is 6.07 Å². The third-order valence-corrected chi connectivity index (χ3v) is 3.54. The highest BCUT2D eigenvalue weighted by atomic mass is 15.3. The van der Waals surface area contributed by atoms with Crippen LogP contribution in [0.1, 0.15) is 37.3 Å². The van der Waals surface area contributed by atoms with Gasteiger partial charge in [-0.1, -0.05) is 12.8 Å². The van der Waals surface area contributed by atoms with E-state index in [-0.39, 0.29) is 0 Å². The summed E-state index contributed by atoms with van der Waals surface area (Å²) in [5.41, 5.74) is 12.7. The molecular weight excluding hydrogens is 202 g/mol. The largest absolute Gasteiger partial charge is 0.332 e. The van der Waals surface area contributed by atoms with Crippen LogP contribution >= 0.6 is 0 Å². The van der Waals surface area contributed by atoms with Gasteiger partial charge in [-0.2, -0.15) is 0 Å². The normalized spacial score (nSPS) is 23.1. The highest BCUT2D eigenvalue weighted by molar-refractivity contribution is 5.79. The average Bonchev–Trinajstić information content (AvgIpc) is 2.83. The van der Waals surface area contributed by atoms with Crippen molar-refractivity contribution in [3.8, 4) is 0 Å². The zero-order valence-corrected chi connectivity index (χ0v) is 9.19. The van der Waals surface area contributed by atoms with Crippen molar-refractivity contribution in [2.75, 3.05) is 5.32 Å². The van der Waals surface area contributed by atoms with Crippen molar-refractivity contribution >= 4 is 12.2 Å². The molecule has 2 aliphatic rings.